The first-order valence-corrected chi connectivity index (χ1v) is 4.61. The van der Waals surface area contributed by atoms with Crippen LogP contribution in [0.4, 0.5) is 0 Å². The third-order valence-corrected chi connectivity index (χ3v) is 2.37. The van der Waals surface area contributed by atoms with Crippen LogP contribution >= 0.6 is 0 Å². The van der Waals surface area contributed by atoms with Crippen LogP contribution in [0.2, 0.25) is 0 Å². The molecule has 0 aromatic carbocycles. The number of hydrogen-bond donors (Lipinski definition) is 1. The third kappa shape index (κ3) is 3.14. The maximum absolute atomic E-state index is 10.8. The molecule has 0 aromatic rings. The van der Waals surface area contributed by atoms with Crippen molar-refractivity contribution in [2.24, 2.45) is 10.7 Å². The topological polar surface area (TPSA) is 64.7 Å². The quantitative estimate of drug-likeness (QED) is 0.513. The maximum atomic E-state index is 10.8. The Morgan fingerprint density at radius 3 is 2.54 bits per heavy atom. The van der Waals surface area contributed by atoms with Gasteiger partial charge in [0.1, 0.15) is 6.10 Å². The van der Waals surface area contributed by atoms with E-state index in [2.05, 4.69) is 11.7 Å². The summed E-state index contributed by atoms with van der Waals surface area (Å²) in [6, 6.07) is 0.354. The molecule has 1 saturated carbocycles. The zero-order chi connectivity index (χ0) is 9.68. The number of carbonyl (C=O) groups excluding carboxylic acids is 1. The summed E-state index contributed by atoms with van der Waals surface area (Å²) in [6.07, 6.45) is 3.75. The summed E-state index contributed by atoms with van der Waals surface area (Å²) in [5, 5.41) is 0. The highest BCUT2D eigenvalue weighted by Crippen LogP contribution is 2.22. The predicted molar refractivity (Wildman–Crippen MR) is 50.7 cm³/mol. The number of aliphatic imine (C=N–C) groups is 1. The van der Waals surface area contributed by atoms with Gasteiger partial charge in [0.2, 0.25) is 0 Å². The lowest BCUT2D eigenvalue weighted by atomic mass is 9.93. The van der Waals surface area contributed by atoms with Crippen molar-refractivity contribution in [1.29, 1.82) is 0 Å². The van der Waals surface area contributed by atoms with E-state index in [1.54, 1.807) is 0 Å². The molecule has 74 valence electrons. The number of hydrogen-bond acceptors (Lipinski definition) is 4. The van der Waals surface area contributed by atoms with E-state index in [1.807, 2.05) is 0 Å². The van der Waals surface area contributed by atoms with Crippen molar-refractivity contribution in [2.75, 3.05) is 6.54 Å². The molecule has 1 rings (SSSR count). The van der Waals surface area contributed by atoms with Gasteiger partial charge in [-0.25, -0.2) is 0 Å². The van der Waals surface area contributed by atoms with Gasteiger partial charge in [-0.3, -0.25) is 9.79 Å². The van der Waals surface area contributed by atoms with Crippen molar-refractivity contribution < 1.29 is 9.53 Å². The van der Waals surface area contributed by atoms with Crippen molar-refractivity contribution in [2.45, 2.75) is 37.8 Å². The molecule has 0 spiro atoms. The largest absolute Gasteiger partial charge is 0.461 e. The first-order valence-electron chi connectivity index (χ1n) is 4.61. The van der Waals surface area contributed by atoms with E-state index >= 15 is 0 Å². The van der Waals surface area contributed by atoms with Gasteiger partial charge in [0, 0.05) is 6.04 Å². The lowest BCUT2D eigenvalue weighted by Crippen LogP contribution is -2.28. The van der Waals surface area contributed by atoms with Crippen LogP contribution in [0.3, 0.4) is 0 Å². The highest BCUT2D eigenvalue weighted by atomic mass is 16.5. The molecule has 13 heavy (non-hydrogen) atoms. The Labute approximate surface area is 78.2 Å². The summed E-state index contributed by atoms with van der Waals surface area (Å²) in [6.45, 7) is 3.48. The van der Waals surface area contributed by atoms with Gasteiger partial charge in [-0.2, -0.15) is 0 Å². The minimum Gasteiger partial charge on any atom is -0.461 e. The normalized spacial score (nSPS) is 28.1. The molecule has 0 aromatic heterocycles. The Bertz CT molecular complexity index is 186. The molecule has 4 nitrogen and oxygen atoms in total. The summed E-state index contributed by atoms with van der Waals surface area (Å²) in [5.74, 6) is -0.310. The van der Waals surface area contributed by atoms with Gasteiger partial charge in [-0.15, -0.1) is 0 Å². The summed E-state index contributed by atoms with van der Waals surface area (Å²) < 4.78 is 5.11. The SMILES string of the molecule is C=NC1CCC(OC(=O)CN)CC1. The van der Waals surface area contributed by atoms with Gasteiger partial charge < -0.3 is 10.5 Å². The van der Waals surface area contributed by atoms with Crippen LogP contribution in [0.25, 0.3) is 0 Å². The van der Waals surface area contributed by atoms with Gasteiger partial charge in [-0.1, -0.05) is 0 Å². The van der Waals surface area contributed by atoms with E-state index in [4.69, 9.17) is 10.5 Å². The second kappa shape index (κ2) is 4.97. The minimum atomic E-state index is -0.310. The first-order chi connectivity index (χ1) is 6.26. The van der Waals surface area contributed by atoms with Gasteiger partial charge in [-0.05, 0) is 32.4 Å². The highest BCUT2D eigenvalue weighted by Gasteiger charge is 2.22. The van der Waals surface area contributed by atoms with Crippen molar-refractivity contribution >= 4 is 12.7 Å². The molecule has 0 unspecified atom stereocenters. The zero-order valence-corrected chi connectivity index (χ0v) is 7.74. The molecule has 0 radical (unpaired) electrons. The average molecular weight is 184 g/mol. The lowest BCUT2D eigenvalue weighted by molar-refractivity contribution is -0.148. The maximum Gasteiger partial charge on any atom is 0.319 e. The zero-order valence-electron chi connectivity index (χ0n) is 7.74. The van der Waals surface area contributed by atoms with Crippen molar-refractivity contribution in [3.63, 3.8) is 0 Å². The standard InChI is InChI=1S/C9H16N2O2/c1-11-7-2-4-8(5-3-7)13-9(12)6-10/h7-8H,1-6,10H2. The molecule has 1 aliphatic rings. The van der Waals surface area contributed by atoms with E-state index in [-0.39, 0.29) is 18.6 Å². The van der Waals surface area contributed by atoms with Crippen LogP contribution in [0.1, 0.15) is 25.7 Å². The predicted octanol–water partition coefficient (Wildman–Crippen LogP) is 0.500. The van der Waals surface area contributed by atoms with Gasteiger partial charge in [0.05, 0.1) is 6.54 Å². The molecule has 4 heteroatoms. The Kier molecular flexibility index (Phi) is 3.89. The Morgan fingerprint density at radius 2 is 2.08 bits per heavy atom. The van der Waals surface area contributed by atoms with E-state index in [0.29, 0.717) is 6.04 Å². The van der Waals surface area contributed by atoms with E-state index < -0.39 is 0 Å². The summed E-state index contributed by atoms with van der Waals surface area (Å²) in [7, 11) is 0. The minimum absolute atomic E-state index is 0.0281. The van der Waals surface area contributed by atoms with Crippen molar-refractivity contribution in [3.8, 4) is 0 Å². The highest BCUT2D eigenvalue weighted by molar-refractivity contribution is 5.71. The van der Waals surface area contributed by atoms with Gasteiger partial charge in [0.25, 0.3) is 0 Å². The number of nitrogens with two attached hydrogens (primary N) is 1. The smallest absolute Gasteiger partial charge is 0.319 e. The van der Waals surface area contributed by atoms with Crippen LogP contribution in [0.5, 0.6) is 0 Å². The number of carbonyl (C=O) groups is 1. The summed E-state index contributed by atoms with van der Waals surface area (Å²) in [4.78, 5) is 14.8. The van der Waals surface area contributed by atoms with Crippen molar-refractivity contribution in [3.05, 3.63) is 0 Å². The molecule has 0 heterocycles. The second-order valence-electron chi connectivity index (χ2n) is 3.31. The molecule has 1 aliphatic carbocycles. The number of rotatable bonds is 3. The molecule has 0 amide bonds. The van der Waals surface area contributed by atoms with E-state index in [0.717, 1.165) is 25.7 Å². The molecular weight excluding hydrogens is 168 g/mol. The molecule has 1 fully saturated rings. The van der Waals surface area contributed by atoms with Gasteiger partial charge in [0.15, 0.2) is 0 Å². The average Bonchev–Trinajstić information content (AvgIpc) is 2.19. The lowest BCUT2D eigenvalue weighted by Gasteiger charge is -2.25. The fourth-order valence-corrected chi connectivity index (χ4v) is 1.58. The number of nitrogens with zero attached hydrogens (tertiary/aromatic N) is 1. The third-order valence-electron chi connectivity index (χ3n) is 2.37. The van der Waals surface area contributed by atoms with Crippen molar-refractivity contribution in [1.82, 2.24) is 0 Å². The molecule has 0 atom stereocenters. The second-order valence-corrected chi connectivity index (χ2v) is 3.31. The van der Waals surface area contributed by atoms with Crippen LogP contribution in [0, 0.1) is 0 Å². The summed E-state index contributed by atoms with van der Waals surface area (Å²) in [5.41, 5.74) is 5.14. The van der Waals surface area contributed by atoms with Crippen LogP contribution in [-0.2, 0) is 9.53 Å². The van der Waals surface area contributed by atoms with Crippen LogP contribution in [0.15, 0.2) is 4.99 Å². The molecule has 0 saturated heterocycles. The van der Waals surface area contributed by atoms with Crippen LogP contribution < -0.4 is 5.73 Å². The first kappa shape index (κ1) is 10.2. The summed E-state index contributed by atoms with van der Waals surface area (Å²) >= 11 is 0. The Morgan fingerprint density at radius 1 is 1.46 bits per heavy atom. The van der Waals surface area contributed by atoms with Crippen LogP contribution in [-0.4, -0.2) is 31.4 Å². The number of ether oxygens (including phenoxy) is 1. The fraction of sp³-hybridized carbons (Fsp3) is 0.778. The number of esters is 1. The fourth-order valence-electron chi connectivity index (χ4n) is 1.58. The van der Waals surface area contributed by atoms with E-state index in [9.17, 15) is 4.79 Å². The Balaban J connectivity index is 2.24. The monoisotopic (exact) mass is 184 g/mol. The van der Waals surface area contributed by atoms with E-state index in [1.165, 1.54) is 0 Å². The molecule has 0 aliphatic heterocycles. The molecule has 0 bridgehead atoms. The molecule has 2 N–H and O–H groups in total. The van der Waals surface area contributed by atoms with Gasteiger partial charge >= 0.3 is 5.97 Å². The molecular formula is C9H16N2O2. The Hall–Kier alpha value is -0.900.